The summed E-state index contributed by atoms with van der Waals surface area (Å²) in [5, 5.41) is 3.20. The fourth-order valence-corrected chi connectivity index (χ4v) is 2.33. The normalized spacial score (nSPS) is 9.26. The minimum absolute atomic E-state index is 0.199. The van der Waals surface area contributed by atoms with E-state index in [0.29, 0.717) is 13.0 Å². The molecule has 0 spiro atoms. The molecular weight excluding hydrogens is 425 g/mol. The van der Waals surface area contributed by atoms with Gasteiger partial charge < -0.3 is 5.32 Å². The van der Waals surface area contributed by atoms with Crippen molar-refractivity contribution in [1.29, 1.82) is 0 Å². The predicted molar refractivity (Wildman–Crippen MR) is 77.9 cm³/mol. The van der Waals surface area contributed by atoms with Crippen LogP contribution in [0.1, 0.15) is 21.0 Å². The molecule has 2 rings (SSSR count). The van der Waals surface area contributed by atoms with Crippen molar-refractivity contribution in [2.24, 2.45) is 0 Å². The summed E-state index contributed by atoms with van der Waals surface area (Å²) in [6.45, 7) is 2.66. The summed E-state index contributed by atoms with van der Waals surface area (Å²) in [5.41, 5.74) is 0.996. The summed E-state index contributed by atoms with van der Waals surface area (Å²) in [4.78, 5) is 17.8. The van der Waals surface area contributed by atoms with Crippen molar-refractivity contribution < 1.29 is 25.4 Å². The molecule has 19 heavy (non-hydrogen) atoms. The number of hydrogen-bond acceptors (Lipinski definition) is 4. The molecule has 0 atom stereocenters. The number of aryl methyl sites for hydroxylation is 1. The quantitative estimate of drug-likeness (QED) is 0.726. The molecular formula is C14H16N2OSTa. The van der Waals surface area contributed by atoms with Gasteiger partial charge in [0.25, 0.3) is 0 Å². The summed E-state index contributed by atoms with van der Waals surface area (Å²) in [6.07, 6.45) is 3.97. The molecule has 0 aliphatic carbocycles. The van der Waals surface area contributed by atoms with E-state index >= 15 is 0 Å². The van der Waals surface area contributed by atoms with E-state index in [1.807, 2.05) is 31.2 Å². The second-order valence-electron chi connectivity index (χ2n) is 3.75. The van der Waals surface area contributed by atoms with Crippen molar-refractivity contribution in [2.75, 3.05) is 11.9 Å². The van der Waals surface area contributed by atoms with Crippen molar-refractivity contribution in [1.82, 2.24) is 4.98 Å². The molecule has 1 N–H and O–H groups in total. The first-order valence-corrected chi connectivity index (χ1v) is 8.90. The van der Waals surface area contributed by atoms with Crippen molar-refractivity contribution in [2.45, 2.75) is 13.3 Å². The van der Waals surface area contributed by atoms with E-state index < -0.39 is 0 Å². The van der Waals surface area contributed by atoms with Crippen LogP contribution in [0.3, 0.4) is 0 Å². The first kappa shape index (κ1) is 16.0. The molecule has 2 heterocycles. The predicted octanol–water partition coefficient (Wildman–Crippen LogP) is 3.10. The first-order chi connectivity index (χ1) is 9.25. The molecule has 5 heteroatoms. The number of Topliss-reactive ketones (excluding diaryl/α,β-unsaturated/α-hetero) is 1. The van der Waals surface area contributed by atoms with Crippen LogP contribution in [0.2, 0.25) is 0 Å². The monoisotopic (exact) mass is 441 g/mol. The van der Waals surface area contributed by atoms with Gasteiger partial charge in [0.15, 0.2) is 5.78 Å². The van der Waals surface area contributed by atoms with Crippen LogP contribution < -0.4 is 5.32 Å². The van der Waals surface area contributed by atoms with Crippen molar-refractivity contribution >= 4 is 27.5 Å². The Balaban J connectivity index is 0.000000861. The molecule has 0 aliphatic rings. The molecule has 0 bridgehead atoms. The Hall–Kier alpha value is -1.07. The van der Waals surface area contributed by atoms with E-state index in [1.54, 1.807) is 23.7 Å². The Morgan fingerprint density at radius 1 is 1.32 bits per heavy atom. The van der Waals surface area contributed by atoms with E-state index in [-0.39, 0.29) is 5.78 Å². The third kappa shape index (κ3) is 5.61. The summed E-state index contributed by atoms with van der Waals surface area (Å²) < 4.78 is 3.36. The molecule has 0 aliphatic heterocycles. The zero-order valence-electron chi connectivity index (χ0n) is 10.8. The molecule has 3 nitrogen and oxygen atoms in total. The second kappa shape index (κ2) is 8.93. The zero-order chi connectivity index (χ0) is 14.1. The van der Waals surface area contributed by atoms with Crippen LogP contribution >= 0.6 is 11.3 Å². The molecule has 0 fully saturated rings. The summed E-state index contributed by atoms with van der Waals surface area (Å²) >= 11 is 2.75. The van der Waals surface area contributed by atoms with Crippen molar-refractivity contribution in [3.63, 3.8) is 0 Å². The second-order valence-corrected chi connectivity index (χ2v) is 5.03. The summed E-state index contributed by atoms with van der Waals surface area (Å²) in [7, 11) is 0. The van der Waals surface area contributed by atoms with E-state index in [1.165, 1.54) is 25.5 Å². The van der Waals surface area contributed by atoms with Crippen LogP contribution in [0.25, 0.3) is 0 Å². The van der Waals surface area contributed by atoms with Gasteiger partial charge in [-0.25, -0.2) is 0 Å². The van der Waals surface area contributed by atoms with Crippen molar-refractivity contribution in [3.8, 4) is 0 Å². The number of thiophene rings is 1. The average molecular weight is 441 g/mol. The van der Waals surface area contributed by atoms with Gasteiger partial charge in [0.2, 0.25) is 0 Å². The van der Waals surface area contributed by atoms with Crippen LogP contribution in [0, 0.1) is 6.92 Å². The van der Waals surface area contributed by atoms with Gasteiger partial charge in [-0.1, -0.05) is 0 Å². The number of nitrogens with zero attached hydrogens (tertiary/aromatic N) is 1. The zero-order valence-corrected chi connectivity index (χ0v) is 14.8. The van der Waals surface area contributed by atoms with Gasteiger partial charge >= 0.3 is 25.3 Å². The number of carbonyl (C=O) groups excluding carboxylic acids is 1. The fourth-order valence-electron chi connectivity index (χ4n) is 1.50. The third-order valence-corrected chi connectivity index (χ3v) is 3.42. The Labute approximate surface area is 129 Å². The Bertz CT molecular complexity index is 513. The number of ketones is 1. The molecule has 0 radical (unpaired) electrons. The van der Waals surface area contributed by atoms with Gasteiger partial charge in [0.05, 0.1) is 4.88 Å². The Kier molecular flexibility index (Phi) is 7.52. The average Bonchev–Trinajstić information content (AvgIpc) is 2.89. The number of anilines is 1. The maximum absolute atomic E-state index is 11.8. The third-order valence-electron chi connectivity index (χ3n) is 2.38. The van der Waals surface area contributed by atoms with Crippen molar-refractivity contribution in [3.05, 3.63) is 46.4 Å². The van der Waals surface area contributed by atoms with Gasteiger partial charge in [-0.2, -0.15) is 0 Å². The number of rotatable bonds is 5. The first-order valence-electron chi connectivity index (χ1n) is 5.81. The molecule has 0 unspecified atom stereocenters. The van der Waals surface area contributed by atoms with Gasteiger partial charge in [0, 0.05) is 35.9 Å². The van der Waals surface area contributed by atoms with Gasteiger partial charge in [0.1, 0.15) is 0 Å². The molecule has 99 valence electrons. The Morgan fingerprint density at radius 2 is 2.00 bits per heavy atom. The molecule has 2 aromatic heterocycles. The molecule has 0 amide bonds. The standard InChI is InChI=1S/C13H14N2OS.CH2.Ta/c1-10-2-3-13(17-10)12(16)6-9-15-11-4-7-14-8-5-11;;/h2-5,7-8H,6,9H2,1H3,(H,14,15);1H2;. The number of hydrogen-bond donors (Lipinski definition) is 1. The van der Waals surface area contributed by atoms with E-state index in [0.717, 1.165) is 10.6 Å². The maximum atomic E-state index is 11.8. The molecule has 2 aromatic rings. The number of aromatic nitrogens is 1. The topological polar surface area (TPSA) is 42.0 Å². The number of nitrogens with one attached hydrogen (secondary N) is 1. The van der Waals surface area contributed by atoms with Crippen LogP contribution in [0.4, 0.5) is 5.69 Å². The van der Waals surface area contributed by atoms with Crippen LogP contribution in [0.15, 0.2) is 36.7 Å². The summed E-state index contributed by atoms with van der Waals surface area (Å²) in [6, 6.07) is 7.66. The van der Waals surface area contributed by atoms with Gasteiger partial charge in [-0.3, -0.25) is 9.78 Å². The van der Waals surface area contributed by atoms with E-state index in [9.17, 15) is 4.79 Å². The summed E-state index contributed by atoms with van der Waals surface area (Å²) in [5.74, 6) is 0.199. The van der Waals surface area contributed by atoms with Gasteiger partial charge in [-0.15, -0.1) is 11.3 Å². The van der Waals surface area contributed by atoms with E-state index in [2.05, 4.69) is 15.0 Å². The molecule has 0 saturated heterocycles. The van der Waals surface area contributed by atoms with Crippen LogP contribution in [0.5, 0.6) is 0 Å². The van der Waals surface area contributed by atoms with E-state index in [4.69, 9.17) is 0 Å². The number of pyridine rings is 1. The SMILES string of the molecule is Cc1ccc(C(=O)CCNc2ccncc2)s1.[CH2]=[Ta]. The number of carbonyl (C=O) groups is 1. The Morgan fingerprint density at radius 3 is 2.58 bits per heavy atom. The van der Waals surface area contributed by atoms with Crippen LogP contribution in [-0.2, 0) is 20.6 Å². The minimum atomic E-state index is 0.199. The van der Waals surface area contributed by atoms with Gasteiger partial charge in [-0.05, 0) is 31.2 Å². The fraction of sp³-hybridized carbons (Fsp3) is 0.214. The van der Waals surface area contributed by atoms with Crippen LogP contribution in [-0.4, -0.2) is 22.0 Å². The molecule has 0 aromatic carbocycles. The molecule has 0 saturated carbocycles.